The van der Waals surface area contributed by atoms with Gasteiger partial charge < -0.3 is 20.7 Å². The first kappa shape index (κ1) is 14.0. The molecule has 1 aromatic rings. The van der Waals surface area contributed by atoms with Gasteiger partial charge in [-0.2, -0.15) is 4.98 Å². The van der Waals surface area contributed by atoms with E-state index in [1.54, 1.807) is 6.92 Å². The molecule has 0 aliphatic carbocycles. The maximum atomic E-state index is 11.7. The Hall–Kier alpha value is -1.42. The number of rotatable bonds is 2. The van der Waals surface area contributed by atoms with E-state index in [-0.39, 0.29) is 5.82 Å². The van der Waals surface area contributed by atoms with Crippen molar-refractivity contribution < 1.29 is 19.7 Å². The summed E-state index contributed by atoms with van der Waals surface area (Å²) in [7, 11) is 0. The van der Waals surface area contributed by atoms with Crippen molar-refractivity contribution in [3.63, 3.8) is 0 Å². The summed E-state index contributed by atoms with van der Waals surface area (Å²) in [4.78, 5) is 26.4. The highest BCUT2D eigenvalue weighted by atomic mass is 32.1. The van der Waals surface area contributed by atoms with Crippen molar-refractivity contribution in [2.75, 3.05) is 5.73 Å². The van der Waals surface area contributed by atoms with Crippen molar-refractivity contribution in [1.29, 1.82) is 0 Å². The lowest BCUT2D eigenvalue weighted by atomic mass is 10.1. The molecule has 2 heterocycles. The highest BCUT2D eigenvalue weighted by Gasteiger charge is 2.46. The molecule has 9 heteroatoms. The number of nitrogens with zero attached hydrogens (tertiary/aromatic N) is 2. The Kier molecular flexibility index (Phi) is 3.63. The monoisotopic (exact) mass is 287 g/mol. The molecule has 1 aliphatic heterocycles. The van der Waals surface area contributed by atoms with Crippen LogP contribution in [0.1, 0.15) is 11.8 Å². The molecule has 0 radical (unpaired) electrons. The van der Waals surface area contributed by atoms with E-state index in [1.807, 2.05) is 0 Å². The van der Waals surface area contributed by atoms with Crippen LogP contribution in [0, 0.1) is 6.92 Å². The quantitative estimate of drug-likeness (QED) is 0.473. The van der Waals surface area contributed by atoms with Crippen LogP contribution in [0.5, 0.6) is 0 Å². The van der Waals surface area contributed by atoms with Crippen molar-refractivity contribution in [2.24, 2.45) is 0 Å². The minimum absolute atomic E-state index is 0.0658. The van der Waals surface area contributed by atoms with Crippen LogP contribution in [-0.2, 0) is 9.53 Å². The molecular weight excluding hydrogens is 274 g/mol. The van der Waals surface area contributed by atoms with E-state index in [9.17, 15) is 19.8 Å². The van der Waals surface area contributed by atoms with Gasteiger partial charge in [0.2, 0.25) is 5.12 Å². The number of nitrogens with two attached hydrogens (primary N) is 1. The van der Waals surface area contributed by atoms with Gasteiger partial charge in [0.1, 0.15) is 18.0 Å². The normalized spacial score (nSPS) is 30.5. The summed E-state index contributed by atoms with van der Waals surface area (Å²) < 4.78 is 6.15. The standard InChI is InChI=1S/C10H13N3O5S/c1-3-2-13(10(17)12-7(3)11)8-5(15)4(14)6(18-8)9(16)19/h2,4-6,8,14-15H,1H3,(H,16,19)(H2,11,12,17)/t4-,5+,6-,8+/m0/s1. The van der Waals surface area contributed by atoms with Crippen LogP contribution < -0.4 is 11.4 Å². The first-order chi connectivity index (χ1) is 8.82. The maximum Gasteiger partial charge on any atom is 0.351 e. The van der Waals surface area contributed by atoms with E-state index >= 15 is 0 Å². The van der Waals surface area contributed by atoms with E-state index in [0.29, 0.717) is 5.56 Å². The summed E-state index contributed by atoms with van der Waals surface area (Å²) in [6, 6.07) is 0. The number of aliphatic hydroxyl groups excluding tert-OH is 2. The topological polar surface area (TPSA) is 128 Å². The van der Waals surface area contributed by atoms with Gasteiger partial charge in [0.25, 0.3) is 0 Å². The Morgan fingerprint density at radius 1 is 1.53 bits per heavy atom. The molecule has 1 saturated heterocycles. The van der Waals surface area contributed by atoms with Gasteiger partial charge in [-0.15, -0.1) is 12.6 Å². The van der Waals surface area contributed by atoms with Gasteiger partial charge in [0, 0.05) is 11.8 Å². The number of anilines is 1. The average molecular weight is 287 g/mol. The predicted molar refractivity (Wildman–Crippen MR) is 67.6 cm³/mol. The van der Waals surface area contributed by atoms with Crippen molar-refractivity contribution in [2.45, 2.75) is 31.5 Å². The molecule has 4 N–H and O–H groups in total. The second-order valence-corrected chi connectivity index (χ2v) is 4.71. The highest BCUT2D eigenvalue weighted by molar-refractivity contribution is 7.96. The van der Waals surface area contributed by atoms with Crippen LogP contribution in [0.3, 0.4) is 0 Å². The number of carbonyl (C=O) groups excluding carboxylic acids is 1. The summed E-state index contributed by atoms with van der Waals surface area (Å²) >= 11 is 3.55. The van der Waals surface area contributed by atoms with Crippen LogP contribution in [-0.4, -0.2) is 43.2 Å². The average Bonchev–Trinajstić information content (AvgIpc) is 2.62. The number of ether oxygens (including phenoxy) is 1. The Labute approximate surface area is 113 Å². The van der Waals surface area contributed by atoms with Crippen molar-refractivity contribution in [3.8, 4) is 0 Å². The molecule has 104 valence electrons. The molecule has 1 aliphatic rings. The molecule has 0 bridgehead atoms. The number of hydrogen-bond acceptors (Lipinski definition) is 7. The van der Waals surface area contributed by atoms with Crippen molar-refractivity contribution in [1.82, 2.24) is 9.55 Å². The van der Waals surface area contributed by atoms with Gasteiger partial charge in [-0.3, -0.25) is 9.36 Å². The van der Waals surface area contributed by atoms with Gasteiger partial charge in [0.15, 0.2) is 12.3 Å². The lowest BCUT2D eigenvalue weighted by molar-refractivity contribution is -0.126. The van der Waals surface area contributed by atoms with Gasteiger partial charge >= 0.3 is 5.69 Å². The molecule has 0 aromatic carbocycles. The molecule has 0 saturated carbocycles. The van der Waals surface area contributed by atoms with Crippen LogP contribution in [0.2, 0.25) is 0 Å². The first-order valence-corrected chi connectivity index (χ1v) is 5.87. The fraction of sp³-hybridized carbons (Fsp3) is 0.500. The minimum Gasteiger partial charge on any atom is -0.387 e. The van der Waals surface area contributed by atoms with E-state index in [4.69, 9.17) is 10.5 Å². The number of carbonyl (C=O) groups is 1. The van der Waals surface area contributed by atoms with E-state index < -0.39 is 35.3 Å². The molecule has 2 rings (SSSR count). The Bertz CT molecular complexity index is 575. The molecular formula is C10H13N3O5S. The van der Waals surface area contributed by atoms with Gasteiger partial charge in [0.05, 0.1) is 0 Å². The fourth-order valence-corrected chi connectivity index (χ4v) is 2.07. The SMILES string of the molecule is Cc1cn([C@@H]2O[C@H](C(=O)S)[C@@H](O)[C@H]2O)c(=O)nc1N. The lowest BCUT2D eigenvalue weighted by Crippen LogP contribution is -2.36. The van der Waals surface area contributed by atoms with Crippen LogP contribution in [0.15, 0.2) is 11.0 Å². The Morgan fingerprint density at radius 3 is 2.68 bits per heavy atom. The summed E-state index contributed by atoms with van der Waals surface area (Å²) in [6.07, 6.45) is -4.07. The summed E-state index contributed by atoms with van der Waals surface area (Å²) in [6.45, 7) is 1.62. The molecule has 1 aromatic heterocycles. The third-order valence-electron chi connectivity index (χ3n) is 2.93. The summed E-state index contributed by atoms with van der Waals surface area (Å²) in [5, 5.41) is 18.8. The van der Waals surface area contributed by atoms with Crippen LogP contribution in [0.4, 0.5) is 5.82 Å². The van der Waals surface area contributed by atoms with Crippen molar-refractivity contribution >= 4 is 23.6 Å². The van der Waals surface area contributed by atoms with E-state index in [0.717, 1.165) is 4.57 Å². The third kappa shape index (κ3) is 2.37. The molecule has 0 unspecified atom stereocenters. The predicted octanol–water partition coefficient (Wildman–Crippen LogP) is -1.79. The van der Waals surface area contributed by atoms with Gasteiger partial charge in [-0.1, -0.05) is 0 Å². The fourth-order valence-electron chi connectivity index (χ4n) is 1.85. The molecule has 19 heavy (non-hydrogen) atoms. The number of thiol groups is 1. The zero-order valence-corrected chi connectivity index (χ0v) is 10.8. The molecule has 8 nitrogen and oxygen atoms in total. The third-order valence-corrected chi connectivity index (χ3v) is 3.18. The van der Waals surface area contributed by atoms with Crippen LogP contribution >= 0.6 is 12.6 Å². The first-order valence-electron chi connectivity index (χ1n) is 5.42. The largest absolute Gasteiger partial charge is 0.387 e. The zero-order chi connectivity index (χ0) is 14.3. The Morgan fingerprint density at radius 2 is 2.16 bits per heavy atom. The molecule has 0 spiro atoms. The number of aliphatic hydroxyl groups is 2. The van der Waals surface area contributed by atoms with E-state index in [1.165, 1.54) is 6.20 Å². The smallest absolute Gasteiger partial charge is 0.351 e. The summed E-state index contributed by atoms with van der Waals surface area (Å²) in [5.41, 5.74) is 5.24. The minimum atomic E-state index is -1.46. The number of aryl methyl sites for hydroxylation is 1. The number of aromatic nitrogens is 2. The zero-order valence-electron chi connectivity index (χ0n) is 9.92. The van der Waals surface area contributed by atoms with Gasteiger partial charge in [-0.05, 0) is 6.92 Å². The van der Waals surface area contributed by atoms with Gasteiger partial charge in [-0.25, -0.2) is 4.79 Å². The maximum absolute atomic E-state index is 11.7. The number of nitrogen functional groups attached to an aromatic ring is 1. The second kappa shape index (κ2) is 4.93. The molecule has 0 amide bonds. The van der Waals surface area contributed by atoms with E-state index in [2.05, 4.69) is 17.6 Å². The van der Waals surface area contributed by atoms with Crippen molar-refractivity contribution in [3.05, 3.63) is 22.2 Å². The Balaban J connectivity index is 2.41. The highest BCUT2D eigenvalue weighted by Crippen LogP contribution is 2.29. The lowest BCUT2D eigenvalue weighted by Gasteiger charge is -2.17. The molecule has 4 atom stereocenters. The summed E-state index contributed by atoms with van der Waals surface area (Å²) in [5.74, 6) is 0.0658. The second-order valence-electron chi connectivity index (χ2n) is 4.27. The number of hydrogen-bond donors (Lipinski definition) is 4. The molecule has 1 fully saturated rings. The van der Waals surface area contributed by atoms with Crippen LogP contribution in [0.25, 0.3) is 0 Å².